The van der Waals surface area contributed by atoms with Crippen LogP contribution in [0.3, 0.4) is 0 Å². The van der Waals surface area contributed by atoms with Gasteiger partial charge in [0.05, 0.1) is 17.9 Å². The van der Waals surface area contributed by atoms with E-state index in [0.29, 0.717) is 34.2 Å². The fourth-order valence-electron chi connectivity index (χ4n) is 1.94. The van der Waals surface area contributed by atoms with E-state index >= 15 is 0 Å². The molecule has 118 valence electrons. The molecule has 0 fully saturated rings. The second kappa shape index (κ2) is 6.97. The molecule has 1 N–H and O–H groups in total. The zero-order valence-electron chi connectivity index (χ0n) is 12.8. The average Bonchev–Trinajstić information content (AvgIpc) is 3.05. The molecule has 8 heteroatoms. The molecule has 0 aliphatic rings. The molecule has 0 bridgehead atoms. The Balaban J connectivity index is 2.32. The number of thiophene rings is 1. The zero-order valence-corrected chi connectivity index (χ0v) is 14.5. The minimum Gasteiger partial charge on any atom is -0.462 e. The van der Waals surface area contributed by atoms with Gasteiger partial charge in [-0.15, -0.1) is 16.4 Å². The maximum Gasteiger partial charge on any atom is 0.341 e. The van der Waals surface area contributed by atoms with Crippen LogP contribution in [0, 0.1) is 13.8 Å². The normalized spacial score (nSPS) is 10.5. The van der Waals surface area contributed by atoms with Crippen molar-refractivity contribution in [3.05, 3.63) is 26.6 Å². The van der Waals surface area contributed by atoms with Crippen LogP contribution < -0.4 is 5.32 Å². The summed E-state index contributed by atoms with van der Waals surface area (Å²) in [5.41, 5.74) is 1.91. The standard InChI is InChI=1S/C14H17N3O3S2/c1-5-9-11(22-17-16-9)12(18)15-13-10(14(19)20-6-2)7(3)8(4)21-13/h5-6H2,1-4H3,(H,15,18). The third-order valence-electron chi connectivity index (χ3n) is 3.19. The number of anilines is 1. The lowest BCUT2D eigenvalue weighted by Gasteiger charge is -2.06. The summed E-state index contributed by atoms with van der Waals surface area (Å²) in [7, 11) is 0. The van der Waals surface area contributed by atoms with Crippen LogP contribution in [-0.2, 0) is 11.2 Å². The Morgan fingerprint density at radius 1 is 1.27 bits per heavy atom. The van der Waals surface area contributed by atoms with Gasteiger partial charge >= 0.3 is 5.97 Å². The summed E-state index contributed by atoms with van der Waals surface area (Å²) in [6, 6.07) is 0. The summed E-state index contributed by atoms with van der Waals surface area (Å²) in [5.74, 6) is -0.712. The highest BCUT2D eigenvalue weighted by Gasteiger charge is 2.24. The third kappa shape index (κ3) is 3.17. The molecule has 0 atom stereocenters. The van der Waals surface area contributed by atoms with E-state index in [4.69, 9.17) is 4.74 Å². The number of aromatic nitrogens is 2. The first-order valence-electron chi connectivity index (χ1n) is 6.89. The molecule has 2 aromatic heterocycles. The van der Waals surface area contributed by atoms with Gasteiger partial charge in [0, 0.05) is 4.88 Å². The quantitative estimate of drug-likeness (QED) is 0.846. The molecule has 2 rings (SSSR count). The van der Waals surface area contributed by atoms with E-state index in [0.717, 1.165) is 22.0 Å². The van der Waals surface area contributed by atoms with Crippen molar-refractivity contribution in [3.8, 4) is 0 Å². The van der Waals surface area contributed by atoms with Crippen LogP contribution >= 0.6 is 22.9 Å². The SMILES string of the molecule is CCOC(=O)c1c(NC(=O)c2snnc2CC)sc(C)c1C. The molecule has 0 saturated carbocycles. The van der Waals surface area contributed by atoms with Gasteiger partial charge in [0.25, 0.3) is 5.91 Å². The van der Waals surface area contributed by atoms with Crippen molar-refractivity contribution in [1.82, 2.24) is 9.59 Å². The molecular weight excluding hydrogens is 322 g/mol. The second-order valence-electron chi connectivity index (χ2n) is 4.56. The van der Waals surface area contributed by atoms with Gasteiger partial charge in [-0.05, 0) is 44.3 Å². The molecule has 0 radical (unpaired) electrons. The molecule has 0 unspecified atom stereocenters. The Labute approximate surface area is 136 Å². The predicted octanol–water partition coefficient (Wildman–Crippen LogP) is 3.21. The van der Waals surface area contributed by atoms with Crippen LogP contribution in [0.4, 0.5) is 5.00 Å². The van der Waals surface area contributed by atoms with Gasteiger partial charge in [0.15, 0.2) is 0 Å². The Bertz CT molecular complexity index is 706. The fourth-order valence-corrected chi connectivity index (χ4v) is 3.63. The number of hydrogen-bond acceptors (Lipinski definition) is 7. The number of aryl methyl sites for hydroxylation is 2. The van der Waals surface area contributed by atoms with Gasteiger partial charge in [-0.2, -0.15) is 0 Å². The highest BCUT2D eigenvalue weighted by Crippen LogP contribution is 2.33. The lowest BCUT2D eigenvalue weighted by molar-refractivity contribution is 0.0527. The highest BCUT2D eigenvalue weighted by atomic mass is 32.1. The van der Waals surface area contributed by atoms with Gasteiger partial charge in [0.1, 0.15) is 9.88 Å². The molecule has 2 aromatic rings. The van der Waals surface area contributed by atoms with E-state index < -0.39 is 5.97 Å². The molecule has 2 heterocycles. The molecule has 22 heavy (non-hydrogen) atoms. The largest absolute Gasteiger partial charge is 0.462 e. The van der Waals surface area contributed by atoms with E-state index in [1.807, 2.05) is 20.8 Å². The van der Waals surface area contributed by atoms with E-state index in [-0.39, 0.29) is 5.91 Å². The van der Waals surface area contributed by atoms with Gasteiger partial charge < -0.3 is 10.1 Å². The van der Waals surface area contributed by atoms with E-state index in [2.05, 4.69) is 14.9 Å². The topological polar surface area (TPSA) is 81.2 Å². The molecule has 0 aliphatic heterocycles. The highest BCUT2D eigenvalue weighted by molar-refractivity contribution is 7.17. The minimum absolute atomic E-state index is 0.291. The second-order valence-corrected chi connectivity index (χ2v) is 6.54. The Hall–Kier alpha value is -1.80. The minimum atomic E-state index is -0.419. The Morgan fingerprint density at radius 3 is 2.64 bits per heavy atom. The summed E-state index contributed by atoms with van der Waals surface area (Å²) in [6.07, 6.45) is 0.631. The van der Waals surface area contributed by atoms with Crippen molar-refractivity contribution >= 4 is 39.7 Å². The molecule has 1 amide bonds. The number of carbonyl (C=O) groups is 2. The summed E-state index contributed by atoms with van der Waals surface area (Å²) in [4.78, 5) is 25.9. The first-order chi connectivity index (χ1) is 10.5. The molecule has 0 saturated heterocycles. The van der Waals surface area contributed by atoms with Crippen LogP contribution in [0.1, 0.15) is 50.0 Å². The van der Waals surface area contributed by atoms with Gasteiger partial charge in [-0.1, -0.05) is 11.4 Å². The number of amides is 1. The van der Waals surface area contributed by atoms with Crippen molar-refractivity contribution in [3.63, 3.8) is 0 Å². The van der Waals surface area contributed by atoms with Crippen LogP contribution in [0.5, 0.6) is 0 Å². The van der Waals surface area contributed by atoms with E-state index in [1.165, 1.54) is 11.3 Å². The summed E-state index contributed by atoms with van der Waals surface area (Å²) in [5, 5.41) is 7.23. The van der Waals surface area contributed by atoms with E-state index in [1.54, 1.807) is 6.92 Å². The van der Waals surface area contributed by atoms with Gasteiger partial charge in [0.2, 0.25) is 0 Å². The lowest BCUT2D eigenvalue weighted by Crippen LogP contribution is -2.15. The fraction of sp³-hybridized carbons (Fsp3) is 0.429. The zero-order chi connectivity index (χ0) is 16.3. The summed E-state index contributed by atoms with van der Waals surface area (Å²) < 4.78 is 8.88. The summed E-state index contributed by atoms with van der Waals surface area (Å²) in [6.45, 7) is 7.71. The van der Waals surface area contributed by atoms with Crippen LogP contribution in [0.2, 0.25) is 0 Å². The number of nitrogens with zero attached hydrogens (tertiary/aromatic N) is 2. The molecule has 0 aliphatic carbocycles. The van der Waals surface area contributed by atoms with Crippen molar-refractivity contribution < 1.29 is 14.3 Å². The van der Waals surface area contributed by atoms with Crippen LogP contribution in [-0.4, -0.2) is 28.1 Å². The lowest BCUT2D eigenvalue weighted by atomic mass is 10.1. The third-order valence-corrected chi connectivity index (χ3v) is 5.08. The molecular formula is C14H17N3O3S2. The van der Waals surface area contributed by atoms with Gasteiger partial charge in [-0.25, -0.2) is 4.79 Å². The average molecular weight is 339 g/mol. The number of hydrogen-bond donors (Lipinski definition) is 1. The molecule has 6 nitrogen and oxygen atoms in total. The number of ether oxygens (including phenoxy) is 1. The maximum atomic E-state index is 12.4. The smallest absolute Gasteiger partial charge is 0.341 e. The molecule has 0 aromatic carbocycles. The number of carbonyl (C=O) groups excluding carboxylic acids is 2. The van der Waals surface area contributed by atoms with Crippen molar-refractivity contribution in [2.75, 3.05) is 11.9 Å². The Morgan fingerprint density at radius 2 is 2.00 bits per heavy atom. The number of nitrogens with one attached hydrogen (secondary N) is 1. The predicted molar refractivity (Wildman–Crippen MR) is 87.0 cm³/mol. The monoisotopic (exact) mass is 339 g/mol. The first-order valence-corrected chi connectivity index (χ1v) is 8.48. The van der Waals surface area contributed by atoms with Gasteiger partial charge in [-0.3, -0.25) is 4.79 Å². The van der Waals surface area contributed by atoms with Crippen LogP contribution in [0.15, 0.2) is 0 Å². The number of rotatable bonds is 5. The Kier molecular flexibility index (Phi) is 5.25. The van der Waals surface area contributed by atoms with Crippen molar-refractivity contribution in [1.29, 1.82) is 0 Å². The molecule has 0 spiro atoms. The van der Waals surface area contributed by atoms with E-state index in [9.17, 15) is 9.59 Å². The number of esters is 1. The maximum absolute atomic E-state index is 12.4. The summed E-state index contributed by atoms with van der Waals surface area (Å²) >= 11 is 2.42. The first kappa shape index (κ1) is 16.6. The van der Waals surface area contributed by atoms with Crippen LogP contribution in [0.25, 0.3) is 0 Å². The van der Waals surface area contributed by atoms with Crippen molar-refractivity contribution in [2.45, 2.75) is 34.1 Å². The van der Waals surface area contributed by atoms with Crippen molar-refractivity contribution in [2.24, 2.45) is 0 Å².